The molecule has 0 radical (unpaired) electrons. The van der Waals surface area contributed by atoms with E-state index in [1.54, 1.807) is 16.2 Å². The number of ether oxygens (including phenoxy) is 1. The minimum absolute atomic E-state index is 0.0181. The molecular formula is C19H25N3O3S. The molecule has 26 heavy (non-hydrogen) atoms. The summed E-state index contributed by atoms with van der Waals surface area (Å²) in [5.41, 5.74) is 0.716. The number of hydrogen-bond donors (Lipinski definition) is 0. The zero-order chi connectivity index (χ0) is 18.7. The lowest BCUT2D eigenvalue weighted by molar-refractivity contribution is -0.139. The zero-order valence-electron chi connectivity index (χ0n) is 15.5. The maximum Gasteiger partial charge on any atom is 0.270 e. The molecule has 1 saturated heterocycles. The molecule has 2 amide bonds. The molecule has 3 rings (SSSR count). The van der Waals surface area contributed by atoms with Crippen LogP contribution in [0.3, 0.4) is 0 Å². The fourth-order valence-corrected chi connectivity index (χ4v) is 4.33. The van der Waals surface area contributed by atoms with E-state index in [9.17, 15) is 9.59 Å². The standard InChI is InChI=1S/C19H25N3O3S/c1-4-5-7-22-16(11-15-6-10-26-19(15)22)18(24)20-8-9-21(14(2)12-20)17(23)13-25-3/h4-6,10-11,14H,7-9,12-13H2,1-3H3/b5-4-. The quantitative estimate of drug-likeness (QED) is 0.755. The van der Waals surface area contributed by atoms with Crippen LogP contribution in [-0.2, 0) is 16.1 Å². The van der Waals surface area contributed by atoms with Gasteiger partial charge in [0, 0.05) is 44.7 Å². The first-order valence-corrected chi connectivity index (χ1v) is 9.70. The lowest BCUT2D eigenvalue weighted by Gasteiger charge is -2.39. The number of carbonyl (C=O) groups excluding carboxylic acids is 2. The van der Waals surface area contributed by atoms with Gasteiger partial charge in [0.1, 0.15) is 17.1 Å². The summed E-state index contributed by atoms with van der Waals surface area (Å²) < 4.78 is 7.03. The van der Waals surface area contributed by atoms with E-state index in [-0.39, 0.29) is 24.5 Å². The number of carbonyl (C=O) groups is 2. The summed E-state index contributed by atoms with van der Waals surface area (Å²) in [7, 11) is 1.52. The number of hydrogen-bond acceptors (Lipinski definition) is 4. The highest BCUT2D eigenvalue weighted by Gasteiger charge is 2.31. The molecular weight excluding hydrogens is 350 g/mol. The molecule has 0 aliphatic carbocycles. The lowest BCUT2D eigenvalue weighted by atomic mass is 10.1. The number of nitrogens with zero attached hydrogens (tertiary/aromatic N) is 3. The normalized spacial score (nSPS) is 18.2. The van der Waals surface area contributed by atoms with Crippen molar-refractivity contribution in [1.29, 1.82) is 0 Å². The number of rotatable bonds is 5. The first kappa shape index (κ1) is 18.7. The summed E-state index contributed by atoms with van der Waals surface area (Å²) in [4.78, 5) is 30.0. The van der Waals surface area contributed by atoms with Crippen LogP contribution in [0.4, 0.5) is 0 Å². The minimum atomic E-state index is -0.0240. The number of amides is 2. The highest BCUT2D eigenvalue weighted by atomic mass is 32.1. The smallest absolute Gasteiger partial charge is 0.270 e. The predicted octanol–water partition coefficient (Wildman–Crippen LogP) is 2.60. The summed E-state index contributed by atoms with van der Waals surface area (Å²) in [5, 5.41) is 3.15. The molecule has 1 atom stereocenters. The number of aromatic nitrogens is 1. The minimum Gasteiger partial charge on any atom is -0.375 e. The van der Waals surface area contributed by atoms with Crippen molar-refractivity contribution < 1.29 is 14.3 Å². The Labute approximate surface area is 157 Å². The molecule has 7 heteroatoms. The van der Waals surface area contributed by atoms with Gasteiger partial charge >= 0.3 is 0 Å². The second kappa shape index (κ2) is 8.05. The highest BCUT2D eigenvalue weighted by molar-refractivity contribution is 7.16. The van der Waals surface area contributed by atoms with Crippen molar-refractivity contribution in [3.63, 3.8) is 0 Å². The molecule has 2 aromatic heterocycles. The highest BCUT2D eigenvalue weighted by Crippen LogP contribution is 2.27. The van der Waals surface area contributed by atoms with Gasteiger partial charge in [0.15, 0.2) is 0 Å². The predicted molar refractivity (Wildman–Crippen MR) is 104 cm³/mol. The van der Waals surface area contributed by atoms with Gasteiger partial charge in [-0.3, -0.25) is 9.59 Å². The third kappa shape index (κ3) is 3.54. The van der Waals surface area contributed by atoms with E-state index in [1.807, 2.05) is 42.3 Å². The van der Waals surface area contributed by atoms with Crippen LogP contribution in [0, 0.1) is 0 Å². The van der Waals surface area contributed by atoms with Crippen LogP contribution in [-0.4, -0.2) is 65.6 Å². The summed E-state index contributed by atoms with van der Waals surface area (Å²) >= 11 is 1.65. The Kier molecular flexibility index (Phi) is 5.78. The molecule has 0 bridgehead atoms. The van der Waals surface area contributed by atoms with E-state index in [0.29, 0.717) is 31.9 Å². The Bertz CT molecular complexity index is 823. The van der Waals surface area contributed by atoms with Crippen LogP contribution in [0.2, 0.25) is 0 Å². The van der Waals surface area contributed by atoms with Crippen LogP contribution in [0.5, 0.6) is 0 Å². The molecule has 140 valence electrons. The Balaban J connectivity index is 1.79. The average molecular weight is 375 g/mol. The molecule has 6 nitrogen and oxygen atoms in total. The summed E-state index contributed by atoms with van der Waals surface area (Å²) in [6.07, 6.45) is 4.05. The third-order valence-electron chi connectivity index (χ3n) is 4.75. The summed E-state index contributed by atoms with van der Waals surface area (Å²) in [6.45, 7) is 6.35. The van der Waals surface area contributed by atoms with Crippen LogP contribution in [0.15, 0.2) is 29.7 Å². The Morgan fingerprint density at radius 3 is 2.88 bits per heavy atom. The molecule has 3 heterocycles. The lowest BCUT2D eigenvalue weighted by Crippen LogP contribution is -2.56. The number of methoxy groups -OCH3 is 1. The van der Waals surface area contributed by atoms with Crippen LogP contribution in [0.25, 0.3) is 10.2 Å². The van der Waals surface area contributed by atoms with E-state index < -0.39 is 0 Å². The molecule has 0 saturated carbocycles. The largest absolute Gasteiger partial charge is 0.375 e. The van der Waals surface area contributed by atoms with Gasteiger partial charge in [0.2, 0.25) is 5.91 Å². The fourth-order valence-electron chi connectivity index (χ4n) is 3.43. The van der Waals surface area contributed by atoms with Crippen LogP contribution >= 0.6 is 11.3 Å². The summed E-state index contributed by atoms with van der Waals surface area (Å²) in [5.74, 6) is 0.00710. The molecule has 1 aliphatic rings. The first-order valence-electron chi connectivity index (χ1n) is 8.82. The second-order valence-electron chi connectivity index (χ2n) is 6.51. The molecule has 2 aromatic rings. The Morgan fingerprint density at radius 1 is 1.38 bits per heavy atom. The Morgan fingerprint density at radius 2 is 2.19 bits per heavy atom. The molecule has 0 N–H and O–H groups in total. The van der Waals surface area contributed by atoms with E-state index >= 15 is 0 Å². The fraction of sp³-hybridized carbons (Fsp3) is 0.474. The second-order valence-corrected chi connectivity index (χ2v) is 7.41. The number of allylic oxidation sites excluding steroid dienone is 2. The topological polar surface area (TPSA) is 54.8 Å². The monoisotopic (exact) mass is 375 g/mol. The van der Waals surface area contributed by atoms with E-state index in [2.05, 4.69) is 10.6 Å². The maximum absolute atomic E-state index is 13.2. The maximum atomic E-state index is 13.2. The van der Waals surface area contributed by atoms with Crippen molar-refractivity contribution in [3.05, 3.63) is 35.4 Å². The summed E-state index contributed by atoms with van der Waals surface area (Å²) in [6, 6.07) is 4.01. The molecule has 1 unspecified atom stereocenters. The van der Waals surface area contributed by atoms with Crippen molar-refractivity contribution in [3.8, 4) is 0 Å². The number of piperazine rings is 1. The first-order chi connectivity index (χ1) is 12.6. The van der Waals surface area contributed by atoms with Gasteiger partial charge in [-0.15, -0.1) is 11.3 Å². The van der Waals surface area contributed by atoms with Crippen LogP contribution < -0.4 is 0 Å². The number of fused-ring (bicyclic) bond motifs is 1. The van der Waals surface area contributed by atoms with Gasteiger partial charge in [-0.25, -0.2) is 0 Å². The van der Waals surface area contributed by atoms with Crippen molar-refractivity contribution in [2.24, 2.45) is 0 Å². The van der Waals surface area contributed by atoms with E-state index in [4.69, 9.17) is 4.74 Å². The molecule has 0 aromatic carbocycles. The third-order valence-corrected chi connectivity index (χ3v) is 5.70. The molecule has 1 fully saturated rings. The van der Waals surface area contributed by atoms with Crippen molar-refractivity contribution in [1.82, 2.24) is 14.4 Å². The van der Waals surface area contributed by atoms with Gasteiger partial charge < -0.3 is 19.1 Å². The van der Waals surface area contributed by atoms with Crippen molar-refractivity contribution in [2.45, 2.75) is 26.4 Å². The Hall–Kier alpha value is -2.12. The van der Waals surface area contributed by atoms with Crippen molar-refractivity contribution in [2.75, 3.05) is 33.4 Å². The number of thiophene rings is 1. The van der Waals surface area contributed by atoms with E-state index in [0.717, 1.165) is 10.2 Å². The van der Waals surface area contributed by atoms with Gasteiger partial charge in [-0.05, 0) is 31.4 Å². The average Bonchev–Trinajstić information content (AvgIpc) is 3.20. The van der Waals surface area contributed by atoms with E-state index in [1.165, 1.54) is 7.11 Å². The molecule has 1 aliphatic heterocycles. The molecule has 0 spiro atoms. The zero-order valence-corrected chi connectivity index (χ0v) is 16.3. The van der Waals surface area contributed by atoms with Gasteiger partial charge in [-0.1, -0.05) is 12.2 Å². The van der Waals surface area contributed by atoms with Gasteiger partial charge in [-0.2, -0.15) is 0 Å². The van der Waals surface area contributed by atoms with Crippen LogP contribution in [0.1, 0.15) is 24.3 Å². The van der Waals surface area contributed by atoms with Gasteiger partial charge in [0.05, 0.1) is 0 Å². The van der Waals surface area contributed by atoms with Crippen molar-refractivity contribution >= 4 is 33.4 Å². The van der Waals surface area contributed by atoms with Gasteiger partial charge in [0.25, 0.3) is 5.91 Å². The SMILES string of the molecule is C/C=C\Cn1c(C(=O)N2CCN(C(=O)COC)C(C)C2)cc2ccsc21.